The molecule has 4 rings (SSSR count). The first-order chi connectivity index (χ1) is 14.1. The van der Waals surface area contributed by atoms with Gasteiger partial charge in [-0.25, -0.2) is 4.68 Å². The lowest BCUT2D eigenvalue weighted by Gasteiger charge is -2.10. The van der Waals surface area contributed by atoms with Crippen molar-refractivity contribution < 1.29 is 9.59 Å². The molecule has 1 aromatic carbocycles. The van der Waals surface area contributed by atoms with Crippen LogP contribution in [0.1, 0.15) is 56.8 Å². The van der Waals surface area contributed by atoms with Crippen LogP contribution in [0.5, 0.6) is 0 Å². The zero-order valence-corrected chi connectivity index (χ0v) is 17.0. The number of carbonyl (C=O) groups excluding carboxylic acids is 2. The number of nitrogens with one attached hydrogen (secondary N) is 2. The summed E-state index contributed by atoms with van der Waals surface area (Å²) in [5.74, 6) is -0.903. The molecule has 7 nitrogen and oxygen atoms in total. The number of aromatic nitrogens is 2. The monoisotopic (exact) mass is 410 g/mol. The van der Waals surface area contributed by atoms with Crippen LogP contribution >= 0.6 is 11.3 Å². The number of hydrogen-bond donors (Lipinski definition) is 2. The van der Waals surface area contributed by atoms with E-state index in [-0.39, 0.29) is 17.2 Å². The fraction of sp³-hybridized carbons (Fsp3) is 0.333. The number of benzene rings is 1. The lowest BCUT2D eigenvalue weighted by molar-refractivity contribution is 0.0846. The second-order valence-electron chi connectivity index (χ2n) is 7.04. The molecule has 0 bridgehead atoms. The number of nitrogens with zero attached hydrogens (tertiary/aromatic N) is 2. The van der Waals surface area contributed by atoms with Crippen molar-refractivity contribution in [1.82, 2.24) is 20.6 Å². The first kappa shape index (κ1) is 19.3. The smallest absolute Gasteiger partial charge is 0.267 e. The maximum absolute atomic E-state index is 12.7. The maximum atomic E-state index is 12.7. The van der Waals surface area contributed by atoms with Crippen molar-refractivity contribution in [2.45, 2.75) is 45.6 Å². The molecule has 1 aliphatic rings. The van der Waals surface area contributed by atoms with Crippen LogP contribution in [0.3, 0.4) is 0 Å². The van der Waals surface area contributed by atoms with Gasteiger partial charge in [-0.3, -0.25) is 25.2 Å². The van der Waals surface area contributed by atoms with Gasteiger partial charge in [-0.1, -0.05) is 24.6 Å². The number of amides is 2. The third kappa shape index (κ3) is 3.80. The number of aryl methyl sites for hydroxylation is 3. The van der Waals surface area contributed by atoms with Crippen molar-refractivity contribution in [3.05, 3.63) is 61.7 Å². The number of hydrazine groups is 1. The summed E-state index contributed by atoms with van der Waals surface area (Å²) in [5, 5.41) is 5.05. The Balaban J connectivity index is 1.54. The van der Waals surface area contributed by atoms with Crippen LogP contribution in [0, 0.1) is 0 Å². The molecular weight excluding hydrogens is 388 g/mol. The van der Waals surface area contributed by atoms with Crippen molar-refractivity contribution in [2.75, 3.05) is 0 Å². The lowest BCUT2D eigenvalue weighted by Crippen LogP contribution is -2.42. The largest absolute Gasteiger partial charge is 0.290 e. The highest BCUT2D eigenvalue weighted by atomic mass is 32.1. The first-order valence-electron chi connectivity index (χ1n) is 9.80. The first-order valence-corrected chi connectivity index (χ1v) is 10.6. The maximum Gasteiger partial charge on any atom is 0.290 e. The zero-order valence-electron chi connectivity index (χ0n) is 16.2. The van der Waals surface area contributed by atoms with E-state index in [0.717, 1.165) is 25.7 Å². The van der Waals surface area contributed by atoms with E-state index in [0.29, 0.717) is 22.2 Å². The number of carbonyl (C=O) groups is 2. The van der Waals surface area contributed by atoms with Gasteiger partial charge >= 0.3 is 0 Å². The average molecular weight is 410 g/mol. The summed E-state index contributed by atoms with van der Waals surface area (Å²) >= 11 is 1.49. The molecule has 3 aromatic rings. The molecule has 0 saturated carbocycles. The number of thiophene rings is 1. The molecule has 0 aliphatic heterocycles. The Kier molecular flexibility index (Phi) is 5.44. The number of fused-ring (bicyclic) bond motifs is 2. The van der Waals surface area contributed by atoms with Gasteiger partial charge in [0.25, 0.3) is 17.4 Å². The number of hydrogen-bond acceptors (Lipinski definition) is 5. The van der Waals surface area contributed by atoms with E-state index in [1.54, 1.807) is 31.2 Å². The minimum Gasteiger partial charge on any atom is -0.267 e. The van der Waals surface area contributed by atoms with E-state index in [4.69, 9.17) is 0 Å². The van der Waals surface area contributed by atoms with Gasteiger partial charge < -0.3 is 0 Å². The van der Waals surface area contributed by atoms with E-state index in [1.165, 1.54) is 32.9 Å². The van der Waals surface area contributed by atoms with Crippen LogP contribution in [0.2, 0.25) is 0 Å². The summed E-state index contributed by atoms with van der Waals surface area (Å²) in [4.78, 5) is 39.5. The lowest BCUT2D eigenvalue weighted by atomic mass is 10.1. The molecule has 0 spiro atoms. The summed E-state index contributed by atoms with van der Waals surface area (Å²) in [6.45, 7) is 2.13. The van der Waals surface area contributed by atoms with Crippen molar-refractivity contribution in [3.63, 3.8) is 0 Å². The quantitative estimate of drug-likeness (QED) is 0.513. The Bertz CT molecular complexity index is 1130. The molecule has 150 valence electrons. The summed E-state index contributed by atoms with van der Waals surface area (Å²) in [6.07, 6.45) is 5.53. The molecule has 0 saturated heterocycles. The number of rotatable bonds is 3. The highest BCUT2D eigenvalue weighted by Crippen LogP contribution is 2.28. The molecule has 2 amide bonds. The van der Waals surface area contributed by atoms with E-state index < -0.39 is 5.91 Å². The van der Waals surface area contributed by atoms with Crippen LogP contribution in [-0.4, -0.2) is 21.6 Å². The third-order valence-electron chi connectivity index (χ3n) is 5.14. The fourth-order valence-corrected chi connectivity index (χ4v) is 4.78. The van der Waals surface area contributed by atoms with Crippen LogP contribution in [0.4, 0.5) is 0 Å². The molecule has 0 radical (unpaired) electrons. The Morgan fingerprint density at radius 3 is 2.59 bits per heavy atom. The third-order valence-corrected chi connectivity index (χ3v) is 6.38. The van der Waals surface area contributed by atoms with Crippen molar-refractivity contribution in [2.24, 2.45) is 0 Å². The topological polar surface area (TPSA) is 93.1 Å². The van der Waals surface area contributed by atoms with Crippen LogP contribution in [-0.2, 0) is 19.4 Å². The molecule has 2 heterocycles. The van der Waals surface area contributed by atoms with E-state index in [1.807, 2.05) is 6.07 Å². The second kappa shape index (κ2) is 8.16. The van der Waals surface area contributed by atoms with Gasteiger partial charge in [-0.2, -0.15) is 5.10 Å². The van der Waals surface area contributed by atoms with Crippen molar-refractivity contribution in [1.29, 1.82) is 0 Å². The Morgan fingerprint density at radius 1 is 1.07 bits per heavy atom. The Morgan fingerprint density at radius 2 is 1.79 bits per heavy atom. The van der Waals surface area contributed by atoms with Gasteiger partial charge in [-0.05, 0) is 50.3 Å². The highest BCUT2D eigenvalue weighted by Gasteiger charge is 2.19. The van der Waals surface area contributed by atoms with Gasteiger partial charge in [0, 0.05) is 16.8 Å². The van der Waals surface area contributed by atoms with Crippen LogP contribution in [0.25, 0.3) is 10.8 Å². The van der Waals surface area contributed by atoms with Gasteiger partial charge in [0.1, 0.15) is 0 Å². The highest BCUT2D eigenvalue weighted by molar-refractivity contribution is 7.14. The molecule has 8 heteroatoms. The SMILES string of the molecule is CCn1nc(C(=O)NNC(=O)c2cc3c(s2)CCCCC3)c2ccccc2c1=O. The van der Waals surface area contributed by atoms with Crippen molar-refractivity contribution >= 4 is 33.9 Å². The minimum atomic E-state index is -0.560. The van der Waals surface area contributed by atoms with E-state index in [9.17, 15) is 14.4 Å². The summed E-state index contributed by atoms with van der Waals surface area (Å²) < 4.78 is 1.25. The van der Waals surface area contributed by atoms with Crippen LogP contribution in [0.15, 0.2) is 35.1 Å². The predicted molar refractivity (Wildman–Crippen MR) is 112 cm³/mol. The summed E-state index contributed by atoms with van der Waals surface area (Å²) in [6, 6.07) is 8.76. The molecule has 0 unspecified atom stereocenters. The second-order valence-corrected chi connectivity index (χ2v) is 8.18. The average Bonchev–Trinajstić information content (AvgIpc) is 3.03. The summed E-state index contributed by atoms with van der Waals surface area (Å²) in [7, 11) is 0. The standard InChI is InChI=1S/C21H22N4O3S/c1-2-25-21(28)15-10-7-6-9-14(15)18(24-25)20(27)23-22-19(26)17-12-13-8-4-3-5-11-16(13)29-17/h6-7,9-10,12H,2-5,8,11H2,1H3,(H,22,26)(H,23,27). The molecule has 2 N–H and O–H groups in total. The van der Waals surface area contributed by atoms with Gasteiger partial charge in [0.15, 0.2) is 5.69 Å². The van der Waals surface area contributed by atoms with Gasteiger partial charge in [-0.15, -0.1) is 11.3 Å². The summed E-state index contributed by atoms with van der Waals surface area (Å²) in [5.41, 5.74) is 6.02. The molecule has 1 aliphatic carbocycles. The van der Waals surface area contributed by atoms with Crippen LogP contribution < -0.4 is 16.4 Å². The Labute approximate surface area is 171 Å². The van der Waals surface area contributed by atoms with E-state index in [2.05, 4.69) is 16.0 Å². The fourth-order valence-electron chi connectivity index (χ4n) is 3.63. The molecule has 0 fully saturated rings. The Hall–Kier alpha value is -3.00. The minimum absolute atomic E-state index is 0.101. The van der Waals surface area contributed by atoms with Gasteiger partial charge in [0.2, 0.25) is 0 Å². The van der Waals surface area contributed by atoms with Crippen molar-refractivity contribution in [3.8, 4) is 0 Å². The zero-order chi connectivity index (χ0) is 20.4. The predicted octanol–water partition coefficient (Wildman–Crippen LogP) is 2.82. The molecular formula is C21H22N4O3S. The van der Waals surface area contributed by atoms with Gasteiger partial charge in [0.05, 0.1) is 10.3 Å². The van der Waals surface area contributed by atoms with E-state index >= 15 is 0 Å². The molecule has 29 heavy (non-hydrogen) atoms. The molecule has 2 aromatic heterocycles. The normalized spacial score (nSPS) is 13.6. The molecule has 0 atom stereocenters.